The second-order valence-electron chi connectivity index (χ2n) is 8.67. The highest BCUT2D eigenvalue weighted by molar-refractivity contribution is 5.43. The summed E-state index contributed by atoms with van der Waals surface area (Å²) in [6, 6.07) is 12.8. The van der Waals surface area contributed by atoms with Gasteiger partial charge in [0.25, 0.3) is 0 Å². The van der Waals surface area contributed by atoms with Crippen LogP contribution in [0.5, 0.6) is 17.2 Å². The fourth-order valence-corrected chi connectivity index (χ4v) is 4.79. The SMILES string of the molecule is CCN1CCC2(CC1)CN(Cc1ccc(OC)c(OC)c1)Cc1cc(C)ccc1O2. The third-order valence-corrected chi connectivity index (χ3v) is 6.52. The smallest absolute Gasteiger partial charge is 0.161 e. The van der Waals surface area contributed by atoms with Crippen molar-refractivity contribution in [2.75, 3.05) is 40.4 Å². The van der Waals surface area contributed by atoms with E-state index in [1.54, 1.807) is 14.2 Å². The molecule has 1 spiro atoms. The van der Waals surface area contributed by atoms with Crippen molar-refractivity contribution < 1.29 is 14.2 Å². The molecule has 30 heavy (non-hydrogen) atoms. The molecule has 0 radical (unpaired) electrons. The Morgan fingerprint density at radius 3 is 2.43 bits per heavy atom. The number of likely N-dealkylation sites (tertiary alicyclic amines) is 1. The number of aryl methyl sites for hydroxylation is 1. The van der Waals surface area contributed by atoms with Gasteiger partial charge in [0.1, 0.15) is 11.4 Å². The van der Waals surface area contributed by atoms with E-state index in [-0.39, 0.29) is 5.60 Å². The quantitative estimate of drug-likeness (QED) is 0.736. The van der Waals surface area contributed by atoms with Gasteiger partial charge in [-0.15, -0.1) is 0 Å². The Morgan fingerprint density at radius 1 is 0.967 bits per heavy atom. The van der Waals surface area contributed by atoms with Crippen molar-refractivity contribution in [1.82, 2.24) is 9.80 Å². The fraction of sp³-hybridized carbons (Fsp3) is 0.520. The Hall–Kier alpha value is -2.24. The second-order valence-corrected chi connectivity index (χ2v) is 8.67. The van der Waals surface area contributed by atoms with Crippen LogP contribution in [0.1, 0.15) is 36.5 Å². The van der Waals surface area contributed by atoms with E-state index in [4.69, 9.17) is 14.2 Å². The second kappa shape index (κ2) is 8.86. The van der Waals surface area contributed by atoms with E-state index in [9.17, 15) is 0 Å². The van der Waals surface area contributed by atoms with Gasteiger partial charge in [0.2, 0.25) is 0 Å². The molecule has 0 N–H and O–H groups in total. The molecule has 1 saturated heterocycles. The Bertz CT molecular complexity index is 875. The van der Waals surface area contributed by atoms with Gasteiger partial charge in [-0.05, 0) is 37.2 Å². The average Bonchev–Trinajstić information content (AvgIpc) is 2.90. The third kappa shape index (κ3) is 4.42. The van der Waals surface area contributed by atoms with Crippen molar-refractivity contribution in [3.05, 3.63) is 53.1 Å². The zero-order valence-corrected chi connectivity index (χ0v) is 18.7. The maximum atomic E-state index is 6.77. The maximum Gasteiger partial charge on any atom is 0.161 e. The van der Waals surface area contributed by atoms with Crippen LogP contribution >= 0.6 is 0 Å². The molecule has 1 fully saturated rings. The van der Waals surface area contributed by atoms with Crippen LogP contribution in [0.25, 0.3) is 0 Å². The van der Waals surface area contributed by atoms with Crippen molar-refractivity contribution in [1.29, 1.82) is 0 Å². The van der Waals surface area contributed by atoms with Crippen molar-refractivity contribution in [3.63, 3.8) is 0 Å². The lowest BCUT2D eigenvalue weighted by Gasteiger charge is -2.42. The molecule has 162 valence electrons. The first kappa shape index (κ1) is 21.0. The number of methoxy groups -OCH3 is 2. The van der Waals surface area contributed by atoms with Crippen LogP contribution in [0.3, 0.4) is 0 Å². The summed E-state index contributed by atoms with van der Waals surface area (Å²) in [6.07, 6.45) is 2.13. The number of hydrogen-bond acceptors (Lipinski definition) is 5. The van der Waals surface area contributed by atoms with Crippen molar-refractivity contribution in [2.45, 2.75) is 45.4 Å². The van der Waals surface area contributed by atoms with Crippen LogP contribution in [-0.2, 0) is 13.1 Å². The lowest BCUT2D eigenvalue weighted by Crippen LogP contribution is -2.53. The van der Waals surface area contributed by atoms with E-state index >= 15 is 0 Å². The molecule has 0 aromatic heterocycles. The highest BCUT2D eigenvalue weighted by atomic mass is 16.5. The molecule has 0 unspecified atom stereocenters. The Kier molecular flexibility index (Phi) is 6.21. The molecule has 5 heteroatoms. The zero-order valence-electron chi connectivity index (χ0n) is 18.7. The van der Waals surface area contributed by atoms with Gasteiger partial charge in [-0.3, -0.25) is 4.90 Å². The third-order valence-electron chi connectivity index (χ3n) is 6.52. The van der Waals surface area contributed by atoms with Crippen molar-refractivity contribution in [2.24, 2.45) is 0 Å². The van der Waals surface area contributed by atoms with E-state index in [1.807, 2.05) is 6.07 Å². The maximum absolute atomic E-state index is 6.77. The molecule has 2 aromatic carbocycles. The number of nitrogens with zero attached hydrogens (tertiary/aromatic N) is 2. The summed E-state index contributed by atoms with van der Waals surface area (Å²) >= 11 is 0. The van der Waals surface area contributed by atoms with E-state index < -0.39 is 0 Å². The zero-order chi connectivity index (χ0) is 21.1. The van der Waals surface area contributed by atoms with Gasteiger partial charge in [0.05, 0.1) is 14.2 Å². The van der Waals surface area contributed by atoms with Crippen LogP contribution in [0.2, 0.25) is 0 Å². The molecule has 0 bridgehead atoms. The standard InChI is InChI=1S/C25H34N2O3/c1-5-26-12-10-25(11-13-26)18-27(17-21-14-19(2)6-8-22(21)30-25)16-20-7-9-23(28-3)24(15-20)29-4/h6-9,14-15H,5,10-13,16-18H2,1-4H3. The summed E-state index contributed by atoms with van der Waals surface area (Å²) in [6.45, 7) is 10.4. The average molecular weight is 411 g/mol. The lowest BCUT2D eigenvalue weighted by molar-refractivity contribution is -0.0186. The van der Waals surface area contributed by atoms with Gasteiger partial charge in [0, 0.05) is 51.1 Å². The molecule has 2 aliphatic rings. The van der Waals surface area contributed by atoms with Crippen LogP contribution in [0.4, 0.5) is 0 Å². The molecular weight excluding hydrogens is 376 g/mol. The van der Waals surface area contributed by atoms with Crippen LogP contribution in [-0.4, -0.2) is 55.8 Å². The molecule has 2 heterocycles. The number of rotatable bonds is 5. The minimum Gasteiger partial charge on any atom is -0.493 e. The van der Waals surface area contributed by atoms with Crippen LogP contribution < -0.4 is 14.2 Å². The number of benzene rings is 2. The van der Waals surface area contributed by atoms with Crippen molar-refractivity contribution in [3.8, 4) is 17.2 Å². The Labute approximate surface area is 180 Å². The number of piperidine rings is 1. The normalized spacial score (nSPS) is 19.1. The van der Waals surface area contributed by atoms with Gasteiger partial charge in [-0.2, -0.15) is 0 Å². The molecule has 4 rings (SSSR count). The molecule has 2 aromatic rings. The summed E-state index contributed by atoms with van der Waals surface area (Å²) in [4.78, 5) is 5.06. The van der Waals surface area contributed by atoms with E-state index in [0.29, 0.717) is 0 Å². The van der Waals surface area contributed by atoms with E-state index in [0.717, 1.165) is 69.4 Å². The predicted octanol–water partition coefficient (Wildman–Crippen LogP) is 4.26. The topological polar surface area (TPSA) is 34.2 Å². The first-order valence-corrected chi connectivity index (χ1v) is 11.0. The highest BCUT2D eigenvalue weighted by Gasteiger charge is 2.40. The minimum absolute atomic E-state index is 0.122. The largest absolute Gasteiger partial charge is 0.493 e. The number of fused-ring (bicyclic) bond motifs is 1. The van der Waals surface area contributed by atoms with Gasteiger partial charge < -0.3 is 19.1 Å². The summed E-state index contributed by atoms with van der Waals surface area (Å²) in [5.41, 5.74) is 3.67. The molecular formula is C25H34N2O3. The van der Waals surface area contributed by atoms with Gasteiger partial charge in [-0.1, -0.05) is 30.7 Å². The van der Waals surface area contributed by atoms with Gasteiger partial charge in [-0.25, -0.2) is 0 Å². The lowest BCUT2D eigenvalue weighted by atomic mass is 9.90. The molecule has 0 atom stereocenters. The summed E-state index contributed by atoms with van der Waals surface area (Å²) in [5, 5.41) is 0. The number of hydrogen-bond donors (Lipinski definition) is 0. The van der Waals surface area contributed by atoms with E-state index in [2.05, 4.69) is 54.0 Å². The number of ether oxygens (including phenoxy) is 3. The first-order valence-electron chi connectivity index (χ1n) is 11.0. The molecule has 0 saturated carbocycles. The van der Waals surface area contributed by atoms with E-state index in [1.165, 1.54) is 16.7 Å². The van der Waals surface area contributed by atoms with Crippen molar-refractivity contribution >= 4 is 0 Å². The van der Waals surface area contributed by atoms with Gasteiger partial charge >= 0.3 is 0 Å². The first-order chi connectivity index (χ1) is 14.5. The molecule has 2 aliphatic heterocycles. The minimum atomic E-state index is -0.122. The summed E-state index contributed by atoms with van der Waals surface area (Å²) < 4.78 is 17.7. The fourth-order valence-electron chi connectivity index (χ4n) is 4.79. The monoisotopic (exact) mass is 410 g/mol. The Balaban J connectivity index is 1.62. The Morgan fingerprint density at radius 2 is 1.73 bits per heavy atom. The molecule has 0 amide bonds. The van der Waals surface area contributed by atoms with Crippen LogP contribution in [0.15, 0.2) is 36.4 Å². The summed E-state index contributed by atoms with van der Waals surface area (Å²) in [5.74, 6) is 2.61. The summed E-state index contributed by atoms with van der Waals surface area (Å²) in [7, 11) is 3.37. The van der Waals surface area contributed by atoms with Crippen LogP contribution in [0, 0.1) is 6.92 Å². The predicted molar refractivity (Wildman–Crippen MR) is 120 cm³/mol. The molecule has 0 aliphatic carbocycles. The highest BCUT2D eigenvalue weighted by Crippen LogP contribution is 2.37. The molecule has 5 nitrogen and oxygen atoms in total. The van der Waals surface area contributed by atoms with Gasteiger partial charge in [0.15, 0.2) is 11.5 Å².